The van der Waals surface area contributed by atoms with Crippen molar-refractivity contribution in [2.24, 2.45) is 5.92 Å². The summed E-state index contributed by atoms with van der Waals surface area (Å²) >= 11 is 0. The summed E-state index contributed by atoms with van der Waals surface area (Å²) in [5.74, 6) is 0.197. The van der Waals surface area contributed by atoms with E-state index in [0.717, 1.165) is 19.2 Å². The van der Waals surface area contributed by atoms with E-state index in [-0.39, 0.29) is 5.92 Å². The lowest BCUT2D eigenvalue weighted by Crippen LogP contribution is -2.13. The minimum Gasteiger partial charge on any atom is -0.381 e. The molecule has 0 aromatic heterocycles. The predicted molar refractivity (Wildman–Crippen MR) is 35.4 cm³/mol. The Morgan fingerprint density at radius 2 is 2.44 bits per heavy atom. The molecular formula is C6H10N2O. The van der Waals surface area contributed by atoms with Crippen molar-refractivity contribution in [1.29, 1.82) is 10.8 Å². The molecule has 50 valence electrons. The molecule has 0 aliphatic carbocycles. The van der Waals surface area contributed by atoms with Gasteiger partial charge in [0.2, 0.25) is 0 Å². The molecule has 0 amide bonds. The van der Waals surface area contributed by atoms with Gasteiger partial charge in [0.05, 0.1) is 12.3 Å². The monoisotopic (exact) mass is 126 g/mol. The first-order chi connectivity index (χ1) is 4.34. The molecule has 1 aliphatic rings. The Balaban J connectivity index is 2.41. The van der Waals surface area contributed by atoms with E-state index < -0.39 is 0 Å². The zero-order chi connectivity index (χ0) is 6.69. The van der Waals surface area contributed by atoms with Crippen molar-refractivity contribution in [1.82, 2.24) is 0 Å². The number of rotatable bonds is 2. The summed E-state index contributed by atoms with van der Waals surface area (Å²) in [6.45, 7) is 1.38. The molecule has 0 aromatic carbocycles. The highest BCUT2D eigenvalue weighted by Gasteiger charge is 2.18. The van der Waals surface area contributed by atoms with Crippen LogP contribution in [0.5, 0.6) is 0 Å². The van der Waals surface area contributed by atoms with E-state index >= 15 is 0 Å². The van der Waals surface area contributed by atoms with Crippen molar-refractivity contribution in [3.8, 4) is 0 Å². The molecule has 1 atom stereocenters. The van der Waals surface area contributed by atoms with Crippen LogP contribution in [-0.2, 0) is 4.74 Å². The second kappa shape index (κ2) is 2.73. The summed E-state index contributed by atoms with van der Waals surface area (Å²) in [5.41, 5.74) is 0.396. The zero-order valence-electron chi connectivity index (χ0n) is 5.18. The minimum atomic E-state index is 0.197. The van der Waals surface area contributed by atoms with Crippen LogP contribution in [0.15, 0.2) is 0 Å². The molecular weight excluding hydrogens is 116 g/mol. The molecule has 0 saturated carbocycles. The molecule has 0 bridgehead atoms. The van der Waals surface area contributed by atoms with Crippen molar-refractivity contribution < 1.29 is 4.74 Å². The Bertz CT molecular complexity index is 127. The number of nitrogens with one attached hydrogen (secondary N) is 2. The minimum absolute atomic E-state index is 0.197. The van der Waals surface area contributed by atoms with Gasteiger partial charge in [0, 0.05) is 18.7 Å². The molecule has 3 heteroatoms. The highest BCUT2D eigenvalue weighted by atomic mass is 16.5. The fraction of sp³-hybridized carbons (Fsp3) is 0.667. The van der Waals surface area contributed by atoms with Crippen molar-refractivity contribution in [3.05, 3.63) is 0 Å². The summed E-state index contributed by atoms with van der Waals surface area (Å²) in [7, 11) is 0. The maximum Gasteiger partial charge on any atom is 0.0551 e. The molecule has 0 aromatic rings. The number of ether oxygens (including phenoxy) is 1. The zero-order valence-corrected chi connectivity index (χ0v) is 5.18. The molecule has 0 spiro atoms. The molecule has 1 rings (SSSR count). The molecule has 1 heterocycles. The molecule has 1 saturated heterocycles. The first-order valence-electron chi connectivity index (χ1n) is 3.01. The van der Waals surface area contributed by atoms with Gasteiger partial charge < -0.3 is 15.6 Å². The van der Waals surface area contributed by atoms with E-state index in [1.807, 2.05) is 0 Å². The average Bonchev–Trinajstić information content (AvgIpc) is 2.37. The normalized spacial score (nSPS) is 26.0. The van der Waals surface area contributed by atoms with Crippen LogP contribution < -0.4 is 0 Å². The van der Waals surface area contributed by atoms with Crippen LogP contribution >= 0.6 is 0 Å². The maximum absolute atomic E-state index is 7.21. The summed E-state index contributed by atoms with van der Waals surface area (Å²) in [6.07, 6.45) is 2.01. The number of hydrogen-bond acceptors (Lipinski definition) is 3. The van der Waals surface area contributed by atoms with Gasteiger partial charge >= 0.3 is 0 Å². The molecule has 2 N–H and O–H groups in total. The van der Waals surface area contributed by atoms with Gasteiger partial charge in [0.25, 0.3) is 0 Å². The Hall–Kier alpha value is -0.700. The van der Waals surface area contributed by atoms with Gasteiger partial charge in [0.1, 0.15) is 0 Å². The lowest BCUT2D eigenvalue weighted by Gasteiger charge is -2.01. The fourth-order valence-electron chi connectivity index (χ4n) is 0.898. The second-order valence-corrected chi connectivity index (χ2v) is 2.16. The lowest BCUT2D eigenvalue weighted by molar-refractivity contribution is 0.193. The van der Waals surface area contributed by atoms with Crippen molar-refractivity contribution >= 4 is 11.9 Å². The summed E-state index contributed by atoms with van der Waals surface area (Å²) < 4.78 is 5.04. The number of hydrogen-bond donors (Lipinski definition) is 2. The van der Waals surface area contributed by atoms with E-state index in [1.165, 1.54) is 0 Å². The van der Waals surface area contributed by atoms with Crippen LogP contribution in [0.3, 0.4) is 0 Å². The third-order valence-corrected chi connectivity index (χ3v) is 1.53. The molecule has 3 nitrogen and oxygen atoms in total. The van der Waals surface area contributed by atoms with Crippen LogP contribution in [0.2, 0.25) is 0 Å². The highest BCUT2D eigenvalue weighted by molar-refractivity contribution is 6.28. The van der Waals surface area contributed by atoms with Gasteiger partial charge in [-0.05, 0) is 6.42 Å². The largest absolute Gasteiger partial charge is 0.381 e. The molecule has 1 aliphatic heterocycles. The molecule has 1 unspecified atom stereocenters. The quantitative estimate of drug-likeness (QED) is 0.525. The Morgan fingerprint density at radius 3 is 2.89 bits per heavy atom. The summed E-state index contributed by atoms with van der Waals surface area (Å²) in [6, 6.07) is 0. The molecule has 1 fully saturated rings. The van der Waals surface area contributed by atoms with Gasteiger partial charge in [-0.1, -0.05) is 0 Å². The van der Waals surface area contributed by atoms with Gasteiger partial charge in [-0.3, -0.25) is 0 Å². The van der Waals surface area contributed by atoms with Gasteiger partial charge in [-0.25, -0.2) is 0 Å². The van der Waals surface area contributed by atoms with Crippen LogP contribution in [0, 0.1) is 16.7 Å². The van der Waals surface area contributed by atoms with E-state index in [4.69, 9.17) is 15.6 Å². The third kappa shape index (κ3) is 1.36. The third-order valence-electron chi connectivity index (χ3n) is 1.53. The Morgan fingerprint density at radius 1 is 1.67 bits per heavy atom. The summed E-state index contributed by atoms with van der Waals surface area (Å²) in [4.78, 5) is 0. The van der Waals surface area contributed by atoms with Crippen LogP contribution in [0.4, 0.5) is 0 Å². The van der Waals surface area contributed by atoms with Gasteiger partial charge in [-0.2, -0.15) is 0 Å². The maximum atomic E-state index is 7.21. The van der Waals surface area contributed by atoms with E-state index in [0.29, 0.717) is 12.3 Å². The fourth-order valence-corrected chi connectivity index (χ4v) is 0.898. The average molecular weight is 126 g/mol. The first-order valence-corrected chi connectivity index (χ1v) is 3.01. The van der Waals surface area contributed by atoms with Gasteiger partial charge in [0.15, 0.2) is 0 Å². The first kappa shape index (κ1) is 6.42. The topological polar surface area (TPSA) is 56.9 Å². The van der Waals surface area contributed by atoms with Crippen LogP contribution in [-0.4, -0.2) is 25.1 Å². The Kier molecular flexibility index (Phi) is 1.95. The predicted octanol–water partition coefficient (Wildman–Crippen LogP) is 0.692. The molecule has 9 heavy (non-hydrogen) atoms. The second-order valence-electron chi connectivity index (χ2n) is 2.16. The van der Waals surface area contributed by atoms with Crippen LogP contribution in [0.25, 0.3) is 0 Å². The standard InChI is InChI=1S/C6H10N2O/c7-3-6(8)5-1-2-9-4-5/h3,5,7-8H,1-2,4H2. The van der Waals surface area contributed by atoms with Crippen molar-refractivity contribution in [3.63, 3.8) is 0 Å². The SMILES string of the molecule is N=CC(=N)C1CCOC1. The van der Waals surface area contributed by atoms with Crippen molar-refractivity contribution in [2.45, 2.75) is 6.42 Å². The van der Waals surface area contributed by atoms with E-state index in [9.17, 15) is 0 Å². The highest BCUT2D eigenvalue weighted by Crippen LogP contribution is 2.11. The van der Waals surface area contributed by atoms with E-state index in [2.05, 4.69) is 0 Å². The van der Waals surface area contributed by atoms with Crippen molar-refractivity contribution in [2.75, 3.05) is 13.2 Å². The van der Waals surface area contributed by atoms with Gasteiger partial charge in [-0.15, -0.1) is 0 Å². The smallest absolute Gasteiger partial charge is 0.0551 e. The van der Waals surface area contributed by atoms with E-state index in [1.54, 1.807) is 0 Å². The summed E-state index contributed by atoms with van der Waals surface area (Å²) in [5, 5.41) is 14.0. The molecule has 0 radical (unpaired) electrons. The Labute approximate surface area is 54.0 Å². The van der Waals surface area contributed by atoms with Crippen LogP contribution in [0.1, 0.15) is 6.42 Å². The lowest BCUT2D eigenvalue weighted by atomic mass is 10.0.